The van der Waals surface area contributed by atoms with Gasteiger partial charge in [-0.2, -0.15) is 0 Å². The maximum absolute atomic E-state index is 6.67. The first-order valence-electron chi connectivity index (χ1n) is 53.9. The summed E-state index contributed by atoms with van der Waals surface area (Å²) in [5, 5.41) is 20.0. The highest BCUT2D eigenvalue weighted by molar-refractivity contribution is 7.26. The second-order valence-corrected chi connectivity index (χ2v) is 46.4. The molecular weight excluding hydrogens is 1810 g/mol. The van der Waals surface area contributed by atoms with E-state index in [1.165, 1.54) is 276 Å². The summed E-state index contributed by atoms with van der Waals surface area (Å²) >= 11 is 1.96. The van der Waals surface area contributed by atoms with Crippen molar-refractivity contribution in [1.29, 1.82) is 0 Å². The molecular formula is C142H98N4OS. The van der Waals surface area contributed by atoms with Gasteiger partial charge in [-0.15, -0.1) is 11.3 Å². The molecule has 0 radical (unpaired) electrons. The molecule has 3 spiro atoms. The maximum Gasteiger partial charge on any atom is 0.135 e. The zero-order valence-electron chi connectivity index (χ0n) is 81.7. The van der Waals surface area contributed by atoms with Crippen molar-refractivity contribution in [2.24, 2.45) is 52.8 Å². The van der Waals surface area contributed by atoms with Crippen molar-refractivity contribution < 1.29 is 4.42 Å². The zero-order valence-corrected chi connectivity index (χ0v) is 82.5. The number of thiophene rings is 1. The number of rotatable bonds is 9. The van der Waals surface area contributed by atoms with Crippen molar-refractivity contribution >= 4 is 162 Å². The lowest BCUT2D eigenvalue weighted by Crippen LogP contribution is -2.77. The molecule has 12 aliphatic carbocycles. The maximum atomic E-state index is 6.67. The molecule has 0 aliphatic heterocycles. The van der Waals surface area contributed by atoms with Crippen LogP contribution in [-0.4, -0.2) is 18.3 Å². The Morgan fingerprint density at radius 3 is 1.28 bits per heavy atom. The van der Waals surface area contributed by atoms with Gasteiger partial charge in [-0.1, -0.05) is 309 Å². The number of hydrogen-bond donors (Lipinski definition) is 0. The number of hydrogen-bond acceptors (Lipinski definition) is 2. The average Bonchev–Trinajstić information content (AvgIpc) is 1.25. The smallest absolute Gasteiger partial charge is 0.135 e. The Morgan fingerprint density at radius 2 is 0.669 bits per heavy atom. The largest absolute Gasteiger partial charge is 0.456 e. The Bertz CT molecular complexity index is 10500. The fourth-order valence-electron chi connectivity index (χ4n) is 33.4. The van der Waals surface area contributed by atoms with Crippen LogP contribution in [-0.2, 0) is 10.8 Å². The van der Waals surface area contributed by atoms with Crippen molar-refractivity contribution in [2.45, 2.75) is 68.6 Å². The topological polar surface area (TPSA) is 32.9 Å². The van der Waals surface area contributed by atoms with E-state index in [2.05, 4.69) is 455 Å². The number of fused-ring (bicyclic) bond motifs is 27. The van der Waals surface area contributed by atoms with Gasteiger partial charge in [0.2, 0.25) is 0 Å². The summed E-state index contributed by atoms with van der Waals surface area (Å²) in [7, 11) is 0. The molecule has 6 heterocycles. The Kier molecular flexibility index (Phi) is 16.5. The second-order valence-electron chi connectivity index (χ2n) is 45.3. The molecule has 148 heavy (non-hydrogen) atoms. The lowest BCUT2D eigenvalue weighted by atomic mass is 9.22. The molecule has 0 amide bonds. The van der Waals surface area contributed by atoms with Gasteiger partial charge >= 0.3 is 0 Å². The normalized spacial score (nSPS) is 21.8. The first kappa shape index (κ1) is 81.6. The van der Waals surface area contributed by atoms with Crippen molar-refractivity contribution in [2.75, 3.05) is 0 Å². The first-order valence-corrected chi connectivity index (χ1v) is 54.7. The van der Waals surface area contributed by atoms with E-state index < -0.39 is 0 Å². The molecule has 9 bridgehead atoms. The molecule has 6 unspecified atom stereocenters. The van der Waals surface area contributed by atoms with Gasteiger partial charge in [-0.3, -0.25) is 0 Å². The van der Waals surface area contributed by atoms with Crippen molar-refractivity contribution in [1.82, 2.24) is 18.3 Å². The number of para-hydroxylation sites is 4. The van der Waals surface area contributed by atoms with E-state index in [0.717, 1.165) is 80.7 Å². The van der Waals surface area contributed by atoms with Gasteiger partial charge in [0.25, 0.3) is 0 Å². The van der Waals surface area contributed by atoms with Crippen LogP contribution in [0.1, 0.15) is 80.0 Å². The second kappa shape index (κ2) is 29.8. The fourth-order valence-corrected chi connectivity index (χ4v) is 34.6. The highest BCUT2D eigenvalue weighted by Gasteiger charge is 2.80. The van der Waals surface area contributed by atoms with Gasteiger partial charge in [0, 0.05) is 113 Å². The molecule has 6 heteroatoms. The van der Waals surface area contributed by atoms with Gasteiger partial charge < -0.3 is 22.7 Å². The quantitative estimate of drug-likeness (QED) is 0.133. The number of furan rings is 1. The van der Waals surface area contributed by atoms with Crippen LogP contribution in [0.25, 0.3) is 252 Å². The van der Waals surface area contributed by atoms with E-state index >= 15 is 0 Å². The molecule has 10 saturated carbocycles. The van der Waals surface area contributed by atoms with Crippen LogP contribution in [0.5, 0.6) is 0 Å². The summed E-state index contributed by atoms with van der Waals surface area (Å²) in [6, 6.07) is 166. The molecule has 0 N–H and O–H groups in total. The average molecular weight is 1910 g/mol. The number of benzene rings is 21. The molecule has 39 rings (SSSR count). The van der Waals surface area contributed by atoms with E-state index in [1.54, 1.807) is 22.3 Å². The molecule has 12 aliphatic rings. The molecule has 698 valence electrons. The van der Waals surface area contributed by atoms with Crippen LogP contribution in [0.2, 0.25) is 0 Å². The van der Waals surface area contributed by atoms with Gasteiger partial charge in [0.15, 0.2) is 0 Å². The SMILES string of the molecule is c1ccc(-c2cccc(-n3c4ccccc4c4ccc(-c5ccc6c7ccccc7n(-c7cc(-c8ccc9c(c8)C8(c%10ccccc%10-9)C9CC%10CC%11(C9)CC8C%10%11)c8sc9ccccc9c8c7)c6c5)cc43)c2)cc1.c1ccc2c(c1)-c1ccc(-c3ccc4oc5ccc(-n6c7ccccc7c7ccc(-c8ccc9c%10ccccc%10n(-c%10cc%11ccccc%11c%11ccccc%10%11)c9c8)cc76)cc5c4c3)cc1C21C2CC3CC(C2)CC1C3. The van der Waals surface area contributed by atoms with E-state index in [0.29, 0.717) is 5.41 Å². The third-order valence-corrected chi connectivity index (χ3v) is 40.0. The molecule has 21 aromatic carbocycles. The number of aromatic nitrogens is 4. The van der Waals surface area contributed by atoms with Crippen LogP contribution >= 0.6 is 11.3 Å². The molecule has 0 saturated heterocycles. The van der Waals surface area contributed by atoms with Crippen LogP contribution < -0.4 is 0 Å². The Labute approximate surface area is 859 Å². The fraction of sp³-hybridized carbons (Fsp3) is 0.141. The minimum atomic E-state index is 0.134. The van der Waals surface area contributed by atoms with Gasteiger partial charge in [-0.05, 0) is 349 Å². The predicted molar refractivity (Wildman–Crippen MR) is 617 cm³/mol. The monoisotopic (exact) mass is 1910 g/mol. The van der Waals surface area contributed by atoms with Crippen molar-refractivity contribution in [3.05, 3.63) is 459 Å². The minimum absolute atomic E-state index is 0.134. The first-order chi connectivity index (χ1) is 73.2. The summed E-state index contributed by atoms with van der Waals surface area (Å²) in [5.41, 5.74) is 41.9. The highest BCUT2D eigenvalue weighted by atomic mass is 32.1. The van der Waals surface area contributed by atoms with Gasteiger partial charge in [0.05, 0.1) is 49.8 Å². The Balaban J connectivity index is 0.000000124. The predicted octanol–water partition coefficient (Wildman–Crippen LogP) is 37.7. The molecule has 27 aromatic rings. The standard InChI is InChI=1S/C72H50N2O.C70H48N2S/c1-2-12-52-48(11-1)40-69(56-15-4-3-13-53(52)56)74-66-20-10-7-17-58(66)60-28-23-47(39-68(60)74)46-22-27-59-57-16-6-9-19-65(57)73(67(59)38-46)51-25-30-71-62(41-51)61-36-44(24-29-70(61)75-71)45-21-26-55-54-14-5-8-18-63(54)72(64(55)37-45)49-32-42-31-43(34-49)35-50(72)33-42;1-2-13-41(14-3-1)42-15-12-16-48(32-42)71-62-22-9-5-18-52(62)54-29-25-43(34-64(54)71)44-26-30-55-53-19-6-10-23-63(53)72(65(55)35-44)49-36-57(68-58(37-49)56-20-7-11-24-66(56)73-68)45-27-28-51-50-17-4-8-21-59(50)70(60(51)33-45)47-31-46-38-69(39-47)40-61(70)67(46)69/h1-30,36-43,49-50H,31-35H2;1-30,32-37,46-47,61,67H,31,38-40H2. The lowest BCUT2D eigenvalue weighted by molar-refractivity contribution is -0.306. The van der Waals surface area contributed by atoms with Crippen LogP contribution in [0, 0.1) is 52.8 Å². The van der Waals surface area contributed by atoms with Crippen molar-refractivity contribution in [3.8, 4) is 101 Å². The Morgan fingerprint density at radius 1 is 0.230 bits per heavy atom. The minimum Gasteiger partial charge on any atom is -0.456 e. The highest BCUT2D eigenvalue weighted by Crippen LogP contribution is 2.86. The molecule has 5 nitrogen and oxygen atoms in total. The van der Waals surface area contributed by atoms with Gasteiger partial charge in [-0.25, -0.2) is 0 Å². The van der Waals surface area contributed by atoms with Crippen molar-refractivity contribution in [3.63, 3.8) is 0 Å². The van der Waals surface area contributed by atoms with E-state index in [1.807, 2.05) is 11.3 Å². The summed E-state index contributed by atoms with van der Waals surface area (Å²) in [6.07, 6.45) is 12.8. The summed E-state index contributed by atoms with van der Waals surface area (Å²) < 4.78 is 19.4. The third kappa shape index (κ3) is 10.9. The molecule has 10 fully saturated rings. The van der Waals surface area contributed by atoms with Crippen LogP contribution in [0.15, 0.2) is 441 Å². The van der Waals surface area contributed by atoms with Crippen LogP contribution in [0.4, 0.5) is 0 Å². The van der Waals surface area contributed by atoms with Crippen LogP contribution in [0.3, 0.4) is 0 Å². The van der Waals surface area contributed by atoms with E-state index in [9.17, 15) is 0 Å². The zero-order chi connectivity index (χ0) is 96.0. The summed E-state index contributed by atoms with van der Waals surface area (Å²) in [5.74, 6) is 6.70. The summed E-state index contributed by atoms with van der Waals surface area (Å²) in [6.45, 7) is 0. The molecule has 6 aromatic heterocycles. The number of nitrogens with zero attached hydrogens (tertiary/aromatic N) is 4. The van der Waals surface area contributed by atoms with E-state index in [4.69, 9.17) is 4.42 Å². The van der Waals surface area contributed by atoms with E-state index in [-0.39, 0.29) is 10.8 Å². The lowest BCUT2D eigenvalue weighted by Gasteiger charge is -2.82. The van der Waals surface area contributed by atoms with Gasteiger partial charge in [0.1, 0.15) is 11.2 Å². The third-order valence-electron chi connectivity index (χ3n) is 38.7. The Hall–Kier alpha value is -16.6. The summed E-state index contributed by atoms with van der Waals surface area (Å²) in [4.78, 5) is 0. The molecule has 6 atom stereocenters.